The number of halogens is 1. The van der Waals surface area contributed by atoms with Crippen molar-refractivity contribution in [2.75, 3.05) is 11.9 Å². The van der Waals surface area contributed by atoms with Gasteiger partial charge in [-0.2, -0.15) is 5.10 Å². The van der Waals surface area contributed by atoms with Crippen molar-refractivity contribution < 1.29 is 9.53 Å². The number of hydrogen-bond acceptors (Lipinski definition) is 3. The summed E-state index contributed by atoms with van der Waals surface area (Å²) in [6.07, 6.45) is 1.89. The van der Waals surface area contributed by atoms with Gasteiger partial charge in [-0.05, 0) is 25.8 Å². The largest absolute Gasteiger partial charge is 0.461 e. The lowest BCUT2D eigenvalue weighted by atomic mass is 10.2. The number of carbonyl (C=O) groups is 1. The number of esters is 1. The molecule has 0 unspecified atom stereocenters. The summed E-state index contributed by atoms with van der Waals surface area (Å²) in [5.74, 6) is -0.308. The molecule has 0 saturated carbocycles. The third-order valence-electron chi connectivity index (χ3n) is 1.98. The van der Waals surface area contributed by atoms with Gasteiger partial charge in [-0.15, -0.1) is 0 Å². The monoisotopic (exact) mass is 274 g/mol. The average molecular weight is 275 g/mol. The van der Waals surface area contributed by atoms with Crippen LogP contribution in [0.3, 0.4) is 0 Å². The van der Waals surface area contributed by atoms with Gasteiger partial charge in [-0.1, -0.05) is 15.9 Å². The summed E-state index contributed by atoms with van der Waals surface area (Å²) in [7, 11) is 1.75. The normalized spacial score (nSPS) is 10.3. The summed E-state index contributed by atoms with van der Waals surface area (Å²) in [4.78, 5) is 11.5. The van der Waals surface area contributed by atoms with Crippen LogP contribution in [0.1, 0.15) is 29.5 Å². The number of hydrogen-bond donors (Lipinski definition) is 0. The van der Waals surface area contributed by atoms with Gasteiger partial charge in [-0.25, -0.2) is 4.79 Å². The van der Waals surface area contributed by atoms with Crippen LogP contribution < -0.4 is 0 Å². The highest BCUT2D eigenvalue weighted by Gasteiger charge is 2.13. The van der Waals surface area contributed by atoms with Crippen LogP contribution in [0.5, 0.6) is 0 Å². The van der Waals surface area contributed by atoms with Gasteiger partial charge in [0, 0.05) is 12.4 Å². The first-order chi connectivity index (χ1) is 7.19. The SMILES string of the molecule is CCOC(=O)c1cc(CCCBr)nn1C. The van der Waals surface area contributed by atoms with Crippen LogP contribution in [0.4, 0.5) is 0 Å². The maximum absolute atomic E-state index is 11.5. The fraction of sp³-hybridized carbons (Fsp3) is 0.600. The van der Waals surface area contributed by atoms with Crippen LogP contribution in [0.2, 0.25) is 0 Å². The number of aryl methyl sites for hydroxylation is 2. The van der Waals surface area contributed by atoms with Crippen molar-refractivity contribution in [3.05, 3.63) is 17.5 Å². The van der Waals surface area contributed by atoms with Crippen molar-refractivity contribution >= 4 is 21.9 Å². The maximum Gasteiger partial charge on any atom is 0.356 e. The minimum absolute atomic E-state index is 0.308. The summed E-state index contributed by atoms with van der Waals surface area (Å²) in [5.41, 5.74) is 1.45. The highest BCUT2D eigenvalue weighted by atomic mass is 79.9. The summed E-state index contributed by atoms with van der Waals surface area (Å²) >= 11 is 3.36. The Hall–Kier alpha value is -0.840. The third kappa shape index (κ3) is 3.34. The molecule has 0 spiro atoms. The van der Waals surface area contributed by atoms with Crippen molar-refractivity contribution in [1.29, 1.82) is 0 Å². The summed E-state index contributed by atoms with van der Waals surface area (Å²) in [6.45, 7) is 2.18. The molecule has 5 heteroatoms. The lowest BCUT2D eigenvalue weighted by Crippen LogP contribution is -2.10. The molecular formula is C10H15BrN2O2. The zero-order valence-electron chi connectivity index (χ0n) is 8.99. The Kier molecular flexibility index (Phi) is 4.81. The Morgan fingerprint density at radius 2 is 2.40 bits per heavy atom. The number of aromatic nitrogens is 2. The van der Waals surface area contributed by atoms with Crippen molar-refractivity contribution in [1.82, 2.24) is 9.78 Å². The third-order valence-corrected chi connectivity index (χ3v) is 2.54. The molecule has 1 aromatic heterocycles. The van der Waals surface area contributed by atoms with E-state index in [0.717, 1.165) is 23.9 Å². The Morgan fingerprint density at radius 1 is 1.67 bits per heavy atom. The molecule has 4 nitrogen and oxygen atoms in total. The minimum atomic E-state index is -0.308. The lowest BCUT2D eigenvalue weighted by molar-refractivity contribution is 0.0513. The lowest BCUT2D eigenvalue weighted by Gasteiger charge is -2.00. The smallest absolute Gasteiger partial charge is 0.356 e. The van der Waals surface area contributed by atoms with E-state index in [4.69, 9.17) is 4.74 Å². The zero-order valence-corrected chi connectivity index (χ0v) is 10.6. The Labute approximate surface area is 97.7 Å². The van der Waals surface area contributed by atoms with E-state index in [1.54, 1.807) is 24.7 Å². The molecular weight excluding hydrogens is 260 g/mol. The van der Waals surface area contributed by atoms with Gasteiger partial charge in [0.25, 0.3) is 0 Å². The summed E-state index contributed by atoms with van der Waals surface area (Å²) in [6, 6.07) is 1.79. The van der Waals surface area contributed by atoms with E-state index in [1.807, 2.05) is 0 Å². The topological polar surface area (TPSA) is 44.1 Å². The molecule has 84 valence electrons. The van der Waals surface area contributed by atoms with Gasteiger partial charge in [0.05, 0.1) is 12.3 Å². The molecule has 1 heterocycles. The van der Waals surface area contributed by atoms with Gasteiger partial charge < -0.3 is 4.74 Å². The predicted octanol–water partition coefficient (Wildman–Crippen LogP) is 1.92. The standard InChI is InChI=1S/C10H15BrN2O2/c1-3-15-10(14)9-7-8(5-4-6-11)12-13(9)2/h7H,3-6H2,1-2H3. The first-order valence-corrected chi connectivity index (χ1v) is 6.07. The second kappa shape index (κ2) is 5.90. The van der Waals surface area contributed by atoms with E-state index in [2.05, 4.69) is 21.0 Å². The first-order valence-electron chi connectivity index (χ1n) is 4.95. The fourth-order valence-electron chi connectivity index (χ4n) is 1.29. The van der Waals surface area contributed by atoms with Crippen LogP contribution in [-0.4, -0.2) is 27.7 Å². The van der Waals surface area contributed by atoms with Crippen molar-refractivity contribution in [2.24, 2.45) is 7.05 Å². The molecule has 0 atom stereocenters. The van der Waals surface area contributed by atoms with E-state index in [9.17, 15) is 4.79 Å². The molecule has 0 N–H and O–H groups in total. The van der Waals surface area contributed by atoms with E-state index < -0.39 is 0 Å². The van der Waals surface area contributed by atoms with Crippen LogP contribution in [-0.2, 0) is 18.2 Å². The van der Waals surface area contributed by atoms with Crippen molar-refractivity contribution in [3.63, 3.8) is 0 Å². The molecule has 0 radical (unpaired) electrons. The molecule has 0 aliphatic carbocycles. The van der Waals surface area contributed by atoms with Crippen LogP contribution in [0, 0.1) is 0 Å². The number of nitrogens with zero attached hydrogens (tertiary/aromatic N) is 2. The fourth-order valence-corrected chi connectivity index (χ4v) is 1.57. The van der Waals surface area contributed by atoms with Crippen molar-refractivity contribution in [3.8, 4) is 0 Å². The first kappa shape index (κ1) is 12.2. The number of alkyl halides is 1. The molecule has 1 rings (SSSR count). The Morgan fingerprint density at radius 3 is 3.00 bits per heavy atom. The van der Waals surface area contributed by atoms with Gasteiger partial charge in [0.2, 0.25) is 0 Å². The van der Waals surface area contributed by atoms with Crippen LogP contribution in [0.15, 0.2) is 6.07 Å². The summed E-state index contributed by atoms with van der Waals surface area (Å²) in [5, 5.41) is 5.19. The maximum atomic E-state index is 11.5. The van der Waals surface area contributed by atoms with Crippen LogP contribution in [0.25, 0.3) is 0 Å². The molecule has 0 fully saturated rings. The molecule has 1 aromatic rings. The Bertz CT molecular complexity index is 336. The molecule has 0 aliphatic heterocycles. The van der Waals surface area contributed by atoms with Gasteiger partial charge >= 0.3 is 5.97 Å². The second-order valence-electron chi connectivity index (χ2n) is 3.16. The van der Waals surface area contributed by atoms with Crippen LogP contribution >= 0.6 is 15.9 Å². The van der Waals surface area contributed by atoms with Crippen molar-refractivity contribution in [2.45, 2.75) is 19.8 Å². The molecule has 0 aromatic carbocycles. The summed E-state index contributed by atoms with van der Waals surface area (Å²) < 4.78 is 6.49. The van der Waals surface area contributed by atoms with E-state index in [-0.39, 0.29) is 5.97 Å². The quantitative estimate of drug-likeness (QED) is 0.609. The second-order valence-corrected chi connectivity index (χ2v) is 3.95. The molecule has 0 amide bonds. The number of carbonyl (C=O) groups excluding carboxylic acids is 1. The van der Waals surface area contributed by atoms with Gasteiger partial charge in [-0.3, -0.25) is 4.68 Å². The molecule has 15 heavy (non-hydrogen) atoms. The predicted molar refractivity (Wildman–Crippen MR) is 61.3 cm³/mol. The minimum Gasteiger partial charge on any atom is -0.461 e. The molecule has 0 aliphatic rings. The zero-order chi connectivity index (χ0) is 11.3. The number of rotatable bonds is 5. The van der Waals surface area contributed by atoms with E-state index in [0.29, 0.717) is 12.3 Å². The average Bonchev–Trinajstić information content (AvgIpc) is 2.57. The van der Waals surface area contributed by atoms with Gasteiger partial charge in [0.1, 0.15) is 5.69 Å². The molecule has 0 bridgehead atoms. The molecule has 0 saturated heterocycles. The number of ether oxygens (including phenoxy) is 1. The van der Waals surface area contributed by atoms with E-state index >= 15 is 0 Å². The highest BCUT2D eigenvalue weighted by molar-refractivity contribution is 9.09. The van der Waals surface area contributed by atoms with E-state index in [1.165, 1.54) is 0 Å². The van der Waals surface area contributed by atoms with Gasteiger partial charge in [0.15, 0.2) is 0 Å². The highest BCUT2D eigenvalue weighted by Crippen LogP contribution is 2.07. The Balaban J connectivity index is 2.72.